The van der Waals surface area contributed by atoms with Crippen molar-refractivity contribution in [1.82, 2.24) is 18.1 Å². The van der Waals surface area contributed by atoms with E-state index >= 15 is 0 Å². The maximum Gasteiger partial charge on any atom is 0.279 e. The van der Waals surface area contributed by atoms with E-state index in [4.69, 9.17) is 0 Å². The number of hydrogen-bond acceptors (Lipinski definition) is 4. The molecule has 0 saturated heterocycles. The third kappa shape index (κ3) is 7.40. The molecule has 2 aliphatic rings. The van der Waals surface area contributed by atoms with Gasteiger partial charge in [0.05, 0.1) is 0 Å². The van der Waals surface area contributed by atoms with E-state index < -0.39 is 20.4 Å². The highest BCUT2D eigenvalue weighted by Crippen LogP contribution is 2.31. The SMILES string of the molecule is CCCN(CC1CC1)S(=O)(=O)NCCNS(=O)(=O)N(CCC)CC1CC1. The Hall–Kier alpha value is -0.260. The molecule has 0 unspecified atom stereocenters. The van der Waals surface area contributed by atoms with Crippen LogP contribution in [0.15, 0.2) is 0 Å². The Morgan fingerprint density at radius 1 is 0.731 bits per heavy atom. The first kappa shape index (κ1) is 22.0. The minimum atomic E-state index is -3.56. The minimum absolute atomic E-state index is 0.0514. The van der Waals surface area contributed by atoms with Crippen LogP contribution in [-0.4, -0.2) is 64.7 Å². The van der Waals surface area contributed by atoms with E-state index in [0.29, 0.717) is 38.0 Å². The van der Waals surface area contributed by atoms with Gasteiger partial charge in [-0.2, -0.15) is 25.4 Å². The van der Waals surface area contributed by atoms with E-state index in [0.717, 1.165) is 38.5 Å². The van der Waals surface area contributed by atoms with Gasteiger partial charge in [0, 0.05) is 39.3 Å². The topological polar surface area (TPSA) is 98.8 Å². The Bertz CT molecular complexity index is 575. The molecule has 10 heteroatoms. The van der Waals surface area contributed by atoms with Gasteiger partial charge < -0.3 is 0 Å². The second-order valence-corrected chi connectivity index (χ2v) is 10.9. The quantitative estimate of drug-likeness (QED) is 0.392. The fourth-order valence-electron chi connectivity index (χ4n) is 2.84. The summed E-state index contributed by atoms with van der Waals surface area (Å²) >= 11 is 0. The number of hydrogen-bond donors (Lipinski definition) is 2. The Morgan fingerprint density at radius 3 is 1.35 bits per heavy atom. The van der Waals surface area contributed by atoms with E-state index in [1.807, 2.05) is 13.8 Å². The maximum atomic E-state index is 12.4. The molecule has 2 fully saturated rings. The van der Waals surface area contributed by atoms with Gasteiger partial charge in [0.1, 0.15) is 0 Å². The monoisotopic (exact) mass is 410 g/mol. The van der Waals surface area contributed by atoms with E-state index in [1.54, 1.807) is 0 Å². The van der Waals surface area contributed by atoms with E-state index in [9.17, 15) is 16.8 Å². The molecule has 26 heavy (non-hydrogen) atoms. The lowest BCUT2D eigenvalue weighted by atomic mass is 10.4. The Kier molecular flexibility index (Phi) is 8.30. The smallest absolute Gasteiger partial charge is 0.201 e. The molecule has 0 aromatic rings. The van der Waals surface area contributed by atoms with Crippen molar-refractivity contribution in [2.75, 3.05) is 39.3 Å². The first-order valence-corrected chi connectivity index (χ1v) is 12.7. The zero-order valence-electron chi connectivity index (χ0n) is 16.0. The average Bonchev–Trinajstić information content (AvgIpc) is 3.46. The molecule has 0 amide bonds. The van der Waals surface area contributed by atoms with E-state index in [2.05, 4.69) is 9.44 Å². The van der Waals surface area contributed by atoms with Gasteiger partial charge in [-0.05, 0) is 50.4 Å². The van der Waals surface area contributed by atoms with Crippen LogP contribution in [0.2, 0.25) is 0 Å². The molecule has 2 rings (SSSR count). The van der Waals surface area contributed by atoms with Gasteiger partial charge in [-0.3, -0.25) is 0 Å². The molecule has 8 nitrogen and oxygen atoms in total. The van der Waals surface area contributed by atoms with Gasteiger partial charge in [-0.1, -0.05) is 13.8 Å². The highest BCUT2D eigenvalue weighted by Gasteiger charge is 2.31. The van der Waals surface area contributed by atoms with Crippen LogP contribution in [0.1, 0.15) is 52.4 Å². The molecular formula is C16H34N4O4S2. The molecular weight excluding hydrogens is 376 g/mol. The van der Waals surface area contributed by atoms with Gasteiger partial charge in [-0.15, -0.1) is 0 Å². The Morgan fingerprint density at radius 2 is 1.08 bits per heavy atom. The number of nitrogens with one attached hydrogen (secondary N) is 2. The molecule has 0 aromatic heterocycles. The third-order valence-electron chi connectivity index (χ3n) is 4.64. The molecule has 0 atom stereocenters. The zero-order valence-corrected chi connectivity index (χ0v) is 17.6. The molecule has 0 bridgehead atoms. The van der Waals surface area contributed by atoms with Crippen LogP contribution in [0.4, 0.5) is 0 Å². The lowest BCUT2D eigenvalue weighted by Crippen LogP contribution is -2.47. The summed E-state index contributed by atoms with van der Waals surface area (Å²) in [6, 6.07) is 0. The first-order valence-electron chi connectivity index (χ1n) is 9.78. The summed E-state index contributed by atoms with van der Waals surface area (Å²) in [4.78, 5) is 0. The number of nitrogens with zero attached hydrogens (tertiary/aromatic N) is 2. The molecule has 2 N–H and O–H groups in total. The highest BCUT2D eigenvalue weighted by molar-refractivity contribution is 7.87. The lowest BCUT2D eigenvalue weighted by Gasteiger charge is -2.23. The number of rotatable bonds is 15. The summed E-state index contributed by atoms with van der Waals surface area (Å²) in [6.45, 7) is 6.09. The maximum absolute atomic E-state index is 12.4. The van der Waals surface area contributed by atoms with Crippen LogP contribution >= 0.6 is 0 Å². The molecule has 2 aliphatic carbocycles. The summed E-state index contributed by atoms with van der Waals surface area (Å²) in [7, 11) is -7.12. The van der Waals surface area contributed by atoms with Crippen molar-refractivity contribution in [3.63, 3.8) is 0 Å². The zero-order chi connectivity index (χ0) is 19.2. The van der Waals surface area contributed by atoms with Crippen molar-refractivity contribution < 1.29 is 16.8 Å². The Labute approximate surface area is 159 Å². The molecule has 0 radical (unpaired) electrons. The summed E-state index contributed by atoms with van der Waals surface area (Å²) in [5.74, 6) is 0.948. The molecule has 154 valence electrons. The summed E-state index contributed by atoms with van der Waals surface area (Å²) in [5, 5.41) is 0. The van der Waals surface area contributed by atoms with Crippen LogP contribution < -0.4 is 9.44 Å². The molecule has 2 saturated carbocycles. The van der Waals surface area contributed by atoms with Crippen LogP contribution in [0.5, 0.6) is 0 Å². The minimum Gasteiger partial charge on any atom is -0.201 e. The van der Waals surface area contributed by atoms with Crippen molar-refractivity contribution in [3.8, 4) is 0 Å². The van der Waals surface area contributed by atoms with Gasteiger partial charge in [-0.25, -0.2) is 9.44 Å². The molecule has 0 aliphatic heterocycles. The fourth-order valence-corrected chi connectivity index (χ4v) is 5.58. The van der Waals surface area contributed by atoms with E-state index in [-0.39, 0.29) is 13.1 Å². The second kappa shape index (κ2) is 9.79. The van der Waals surface area contributed by atoms with Crippen molar-refractivity contribution in [2.24, 2.45) is 11.8 Å². The lowest BCUT2D eigenvalue weighted by molar-refractivity contribution is 0.384. The van der Waals surface area contributed by atoms with E-state index in [1.165, 1.54) is 8.61 Å². The van der Waals surface area contributed by atoms with Crippen molar-refractivity contribution in [3.05, 3.63) is 0 Å². The molecule has 0 spiro atoms. The first-order chi connectivity index (χ1) is 12.3. The predicted octanol–water partition coefficient (Wildman–Crippen LogP) is 0.899. The summed E-state index contributed by atoms with van der Waals surface area (Å²) in [6.07, 6.45) is 5.86. The predicted molar refractivity (Wildman–Crippen MR) is 103 cm³/mol. The standard InChI is InChI=1S/C16H34N4O4S2/c1-3-11-19(13-15-5-6-15)25(21,22)17-9-10-18-26(23,24)20(12-4-2)14-16-7-8-16/h15-18H,3-14H2,1-2H3. The van der Waals surface area contributed by atoms with Gasteiger partial charge in [0.15, 0.2) is 0 Å². The third-order valence-corrected chi connectivity index (χ3v) is 7.80. The normalized spacial score (nSPS) is 18.8. The van der Waals surface area contributed by atoms with Gasteiger partial charge in [0.25, 0.3) is 20.4 Å². The Balaban J connectivity index is 1.79. The van der Waals surface area contributed by atoms with Crippen LogP contribution in [0.3, 0.4) is 0 Å². The van der Waals surface area contributed by atoms with Crippen LogP contribution in [0, 0.1) is 11.8 Å². The van der Waals surface area contributed by atoms with Crippen molar-refractivity contribution in [1.29, 1.82) is 0 Å². The van der Waals surface area contributed by atoms with Crippen molar-refractivity contribution in [2.45, 2.75) is 52.4 Å². The molecule has 0 heterocycles. The van der Waals surface area contributed by atoms with Gasteiger partial charge in [0.2, 0.25) is 0 Å². The van der Waals surface area contributed by atoms with Crippen LogP contribution in [0.25, 0.3) is 0 Å². The average molecular weight is 411 g/mol. The largest absolute Gasteiger partial charge is 0.279 e. The summed E-state index contributed by atoms with van der Waals surface area (Å²) < 4.78 is 57.7. The highest BCUT2D eigenvalue weighted by atomic mass is 32.2. The molecule has 0 aromatic carbocycles. The second-order valence-electron chi connectivity index (χ2n) is 7.40. The van der Waals surface area contributed by atoms with Gasteiger partial charge >= 0.3 is 0 Å². The van der Waals surface area contributed by atoms with Crippen molar-refractivity contribution >= 4 is 20.4 Å². The fraction of sp³-hybridized carbons (Fsp3) is 1.00. The van der Waals surface area contributed by atoms with Crippen LogP contribution in [-0.2, 0) is 20.4 Å². The summed E-state index contributed by atoms with van der Waals surface area (Å²) in [5.41, 5.74) is 0.